The van der Waals surface area contributed by atoms with Crippen molar-refractivity contribution in [1.82, 2.24) is 0 Å². The second-order valence-corrected chi connectivity index (χ2v) is 16.0. The normalized spacial score (nSPS) is 30.4. The molecule has 1 rings (SSSR count). The third kappa shape index (κ3) is 14.5. The van der Waals surface area contributed by atoms with Gasteiger partial charge in [-0.2, -0.15) is 8.62 Å². The van der Waals surface area contributed by atoms with E-state index >= 15 is 0 Å². The Bertz CT molecular complexity index is 1230. The van der Waals surface area contributed by atoms with Crippen LogP contribution >= 0.6 is 54.8 Å². The van der Waals surface area contributed by atoms with Gasteiger partial charge >= 0.3 is 54.8 Å². The first-order valence-electron chi connectivity index (χ1n) is 8.76. The molecule has 0 aromatic carbocycles. The predicted molar refractivity (Wildman–Crippen MR) is 112 cm³/mol. The summed E-state index contributed by atoms with van der Waals surface area (Å²) in [7, 11) is -43.0. The maximum atomic E-state index is 12.2. The standard InChI is InChI=1S/C6H19O27P7/c7-1-2(27-34(8,9)10)4(28-35(11,12)13)6(31-40(25,26)33-38(20,21)22)5(29-36(14,15)16)3(1)30-39(23,24)32-37(17,18)19/h1-7H,(H,23,24)(H,25,26)(H2,8,9,10)(H2,11,12,13)(H2,14,15,16)(H2,17,18,19)(H2,20,21,22)/t1-,2+,3-,4-,5+,6+/m1/s1. The summed E-state index contributed by atoms with van der Waals surface area (Å²) in [6, 6.07) is 0. The third-order valence-corrected chi connectivity index (χ3v) is 9.60. The Kier molecular flexibility index (Phi) is 12.7. The maximum absolute atomic E-state index is 12.2. The molecule has 0 heterocycles. The summed E-state index contributed by atoms with van der Waals surface area (Å²) in [4.78, 5) is 109. The highest BCUT2D eigenvalue weighted by Gasteiger charge is 2.61. The lowest BCUT2D eigenvalue weighted by atomic mass is 9.85. The molecule has 0 saturated heterocycles. The van der Waals surface area contributed by atoms with Crippen LogP contribution in [0.2, 0.25) is 0 Å². The van der Waals surface area contributed by atoms with Gasteiger partial charge in [0.25, 0.3) is 0 Å². The van der Waals surface area contributed by atoms with Gasteiger partial charge in [-0.1, -0.05) is 0 Å². The van der Waals surface area contributed by atoms with E-state index in [-0.39, 0.29) is 0 Å². The van der Waals surface area contributed by atoms with Gasteiger partial charge in [0, 0.05) is 0 Å². The highest BCUT2D eigenvalue weighted by molar-refractivity contribution is 7.61. The number of aliphatic hydroxyl groups excluding tert-OH is 1. The molecule has 13 N–H and O–H groups in total. The minimum atomic E-state index is -6.40. The van der Waals surface area contributed by atoms with Crippen LogP contribution in [0.25, 0.3) is 0 Å². The van der Waals surface area contributed by atoms with Crippen molar-refractivity contribution in [3.8, 4) is 0 Å². The Labute approximate surface area is 219 Å². The molecule has 40 heavy (non-hydrogen) atoms. The largest absolute Gasteiger partial charge is 0.481 e. The molecule has 1 fully saturated rings. The topological polar surface area (TPSA) is 447 Å². The number of hydrogen-bond acceptors (Lipinski definition) is 15. The van der Waals surface area contributed by atoms with E-state index in [1.165, 1.54) is 0 Å². The molecule has 27 nitrogen and oxygen atoms in total. The van der Waals surface area contributed by atoms with Gasteiger partial charge in [0.2, 0.25) is 0 Å². The molecule has 8 atom stereocenters. The minimum absolute atomic E-state index is 3.16. The van der Waals surface area contributed by atoms with Crippen molar-refractivity contribution in [1.29, 1.82) is 0 Å². The van der Waals surface area contributed by atoms with Crippen LogP contribution in [0.15, 0.2) is 0 Å². The molecule has 0 aliphatic heterocycles. The number of aliphatic hydroxyl groups is 1. The number of phosphoric acid groups is 7. The molecular formula is C6H19O27P7. The second kappa shape index (κ2) is 13.0. The summed E-state index contributed by atoms with van der Waals surface area (Å²) in [6.07, 6.45) is -19.5. The summed E-state index contributed by atoms with van der Waals surface area (Å²) in [5.41, 5.74) is 0. The average molecular weight is 740 g/mol. The molecular weight excluding hydrogens is 721 g/mol. The van der Waals surface area contributed by atoms with Gasteiger partial charge < -0.3 is 63.8 Å². The van der Waals surface area contributed by atoms with Gasteiger partial charge in [-0.3, -0.25) is 22.6 Å². The molecule has 1 saturated carbocycles. The van der Waals surface area contributed by atoms with Gasteiger partial charge in [0.15, 0.2) is 0 Å². The van der Waals surface area contributed by atoms with Gasteiger partial charge in [0.05, 0.1) is 0 Å². The number of rotatable bonds is 14. The molecule has 0 amide bonds. The highest BCUT2D eigenvalue weighted by Crippen LogP contribution is 2.63. The van der Waals surface area contributed by atoms with Gasteiger partial charge in [-0.15, -0.1) is 0 Å². The van der Waals surface area contributed by atoms with Crippen LogP contribution in [0.4, 0.5) is 0 Å². The minimum Gasteiger partial charge on any atom is -0.387 e. The van der Waals surface area contributed by atoms with E-state index in [1.54, 1.807) is 0 Å². The Balaban J connectivity index is 3.95. The number of hydrogen-bond donors (Lipinski definition) is 13. The fourth-order valence-corrected chi connectivity index (χ4v) is 8.07. The van der Waals surface area contributed by atoms with Crippen molar-refractivity contribution in [2.45, 2.75) is 36.6 Å². The first kappa shape index (κ1) is 38.8. The summed E-state index contributed by atoms with van der Waals surface area (Å²) >= 11 is 0. The van der Waals surface area contributed by atoms with Gasteiger partial charge in [0.1, 0.15) is 36.6 Å². The van der Waals surface area contributed by atoms with Crippen LogP contribution in [-0.4, -0.2) is 100 Å². The first-order valence-corrected chi connectivity index (χ1v) is 19.4. The van der Waals surface area contributed by atoms with E-state index in [9.17, 15) is 66.4 Å². The van der Waals surface area contributed by atoms with Crippen molar-refractivity contribution in [3.63, 3.8) is 0 Å². The maximum Gasteiger partial charge on any atom is 0.481 e. The zero-order valence-corrected chi connectivity index (χ0v) is 24.4. The molecule has 1 aliphatic carbocycles. The fraction of sp³-hybridized carbons (Fsp3) is 1.00. The summed E-state index contributed by atoms with van der Waals surface area (Å²) in [5, 5.41) is 10.5. The summed E-state index contributed by atoms with van der Waals surface area (Å²) in [5.74, 6) is 0. The molecule has 0 bridgehead atoms. The molecule has 0 radical (unpaired) electrons. The summed E-state index contributed by atoms with van der Waals surface area (Å²) < 4.78 is 108. The Hall–Kier alpha value is 0.810. The van der Waals surface area contributed by atoms with E-state index in [2.05, 4.69) is 31.2 Å². The quantitative estimate of drug-likeness (QED) is 0.0788. The van der Waals surface area contributed by atoms with Crippen molar-refractivity contribution in [3.05, 3.63) is 0 Å². The summed E-state index contributed by atoms with van der Waals surface area (Å²) in [6.45, 7) is 0. The van der Waals surface area contributed by atoms with Crippen LogP contribution in [0, 0.1) is 0 Å². The van der Waals surface area contributed by atoms with Crippen LogP contribution in [0.3, 0.4) is 0 Å². The van der Waals surface area contributed by atoms with E-state index in [0.717, 1.165) is 0 Å². The third-order valence-electron chi connectivity index (χ3n) is 3.67. The van der Waals surface area contributed by atoms with Crippen LogP contribution in [-0.2, 0) is 63.2 Å². The second-order valence-electron chi connectivity index (χ2n) is 6.89. The van der Waals surface area contributed by atoms with E-state index < -0.39 is 91.4 Å². The van der Waals surface area contributed by atoms with Crippen molar-refractivity contribution < 1.29 is 127 Å². The Morgan fingerprint density at radius 1 is 0.350 bits per heavy atom. The molecule has 1 aliphatic rings. The molecule has 0 spiro atoms. The van der Waals surface area contributed by atoms with Gasteiger partial charge in [-0.05, 0) is 0 Å². The molecule has 240 valence electrons. The molecule has 2 unspecified atom stereocenters. The lowest BCUT2D eigenvalue weighted by Gasteiger charge is -2.47. The lowest BCUT2D eigenvalue weighted by molar-refractivity contribution is -0.205. The number of phosphoric ester groups is 5. The Morgan fingerprint density at radius 3 is 0.850 bits per heavy atom. The zero-order valence-electron chi connectivity index (χ0n) is 18.1. The molecule has 0 aromatic rings. The van der Waals surface area contributed by atoms with Crippen molar-refractivity contribution in [2.75, 3.05) is 0 Å². The van der Waals surface area contributed by atoms with E-state index in [0.29, 0.717) is 0 Å². The SMILES string of the molecule is O=P(O)(O)O[C@@H]1[C@@H](OP(=O)(O)OP(=O)(O)O)[C@H](OP(=O)(O)O)[C@@H](OP(=O)(O)O)[C@@H](O)[C@H]1OP(=O)(O)OP(=O)(O)O. The van der Waals surface area contributed by atoms with Crippen molar-refractivity contribution in [2.24, 2.45) is 0 Å². The molecule has 34 heteroatoms. The van der Waals surface area contributed by atoms with Gasteiger partial charge in [-0.25, -0.2) is 32.0 Å². The zero-order chi connectivity index (χ0) is 31.9. The lowest BCUT2D eigenvalue weighted by Crippen LogP contribution is -2.66. The smallest absolute Gasteiger partial charge is 0.387 e. The first-order chi connectivity index (χ1) is 17.3. The average Bonchev–Trinajstić information content (AvgIpc) is 2.57. The fourth-order valence-electron chi connectivity index (χ4n) is 2.83. The highest BCUT2D eigenvalue weighted by atomic mass is 31.3. The van der Waals surface area contributed by atoms with Crippen LogP contribution in [0.1, 0.15) is 0 Å². The van der Waals surface area contributed by atoms with Crippen molar-refractivity contribution >= 4 is 54.8 Å². The molecule has 0 aromatic heterocycles. The Morgan fingerprint density at radius 2 is 0.575 bits per heavy atom. The monoisotopic (exact) mass is 740 g/mol. The predicted octanol–water partition coefficient (Wildman–Crippen LogP) is -3.02. The van der Waals surface area contributed by atoms with Crippen LogP contribution < -0.4 is 0 Å². The van der Waals surface area contributed by atoms with E-state index in [4.69, 9.17) is 29.4 Å². The van der Waals surface area contributed by atoms with E-state index in [1.807, 2.05) is 0 Å². The van der Waals surface area contributed by atoms with Crippen LogP contribution in [0.5, 0.6) is 0 Å².